The number of amides is 1. The Morgan fingerprint density at radius 1 is 1.21 bits per heavy atom. The minimum absolute atomic E-state index is 0.0476. The number of nitrogens with one attached hydrogen (secondary N) is 1. The van der Waals surface area contributed by atoms with Crippen LogP contribution in [0.5, 0.6) is 0 Å². The normalized spacial score (nSPS) is 26.7. The summed E-state index contributed by atoms with van der Waals surface area (Å²) in [6.07, 6.45) is -0.0476. The molecule has 0 aromatic carbocycles. The number of alkyl halides is 1. The first-order valence-electron chi connectivity index (χ1n) is 6.89. The maximum atomic E-state index is 11.3. The topological polar surface area (TPSA) is 38.3 Å². The molecule has 3 nitrogen and oxygen atoms in total. The maximum Gasteiger partial charge on any atom is 0.240 e. The van der Waals surface area contributed by atoms with Crippen LogP contribution in [0.1, 0.15) is 41.5 Å². The van der Waals surface area contributed by atoms with Gasteiger partial charge in [-0.1, -0.05) is 41.5 Å². The van der Waals surface area contributed by atoms with Crippen LogP contribution in [0.2, 0.25) is 18.1 Å². The van der Waals surface area contributed by atoms with Crippen molar-refractivity contribution in [1.29, 1.82) is 0 Å². The first-order valence-corrected chi connectivity index (χ1v) is 10.2. The zero-order valence-corrected chi connectivity index (χ0v) is 15.2. The van der Waals surface area contributed by atoms with Gasteiger partial charge in [0.05, 0.1) is 12.1 Å². The van der Waals surface area contributed by atoms with Crippen molar-refractivity contribution in [2.75, 3.05) is 0 Å². The average Bonchev–Trinajstić information content (AvgIpc) is 2.19. The molecular weight excluding hydrogens is 278 g/mol. The van der Waals surface area contributed by atoms with Crippen LogP contribution in [0.3, 0.4) is 0 Å². The molecule has 1 heterocycles. The Morgan fingerprint density at radius 2 is 1.68 bits per heavy atom. The van der Waals surface area contributed by atoms with Crippen LogP contribution in [-0.4, -0.2) is 31.7 Å². The van der Waals surface area contributed by atoms with Gasteiger partial charge < -0.3 is 9.74 Å². The van der Waals surface area contributed by atoms with Crippen molar-refractivity contribution in [2.24, 2.45) is 5.41 Å². The summed E-state index contributed by atoms with van der Waals surface area (Å²) in [5.41, 5.74) is -0.0545. The monoisotopic (exact) mass is 305 g/mol. The van der Waals surface area contributed by atoms with E-state index in [1.807, 2.05) is 0 Å². The predicted molar refractivity (Wildman–Crippen MR) is 83.1 cm³/mol. The fourth-order valence-corrected chi connectivity index (χ4v) is 3.64. The predicted octanol–water partition coefficient (Wildman–Crippen LogP) is 3.53. The van der Waals surface area contributed by atoms with Gasteiger partial charge in [0.15, 0.2) is 8.32 Å². The number of hydrogen-bond donors (Lipinski definition) is 1. The largest absolute Gasteiger partial charge is 0.411 e. The summed E-state index contributed by atoms with van der Waals surface area (Å²) >= 11 is 6.13. The summed E-state index contributed by atoms with van der Waals surface area (Å²) in [7, 11) is -1.88. The lowest BCUT2D eigenvalue weighted by atomic mass is 9.81. The molecule has 1 fully saturated rings. The van der Waals surface area contributed by atoms with Crippen molar-refractivity contribution in [2.45, 2.75) is 77.2 Å². The van der Waals surface area contributed by atoms with E-state index in [0.29, 0.717) is 0 Å². The molecule has 0 unspecified atom stereocenters. The highest BCUT2D eigenvalue weighted by Crippen LogP contribution is 2.41. The summed E-state index contributed by atoms with van der Waals surface area (Å²) in [5, 5.41) is 2.58. The molecule has 19 heavy (non-hydrogen) atoms. The van der Waals surface area contributed by atoms with Gasteiger partial charge in [0.2, 0.25) is 5.91 Å². The SMILES string of the molecule is CC(C)(C)[C@H](O[Si](C)(C)C(C)(C)C)[C@H]1NC(=O)[C@@H]1Cl. The molecule has 1 N–H and O–H groups in total. The van der Waals surface area contributed by atoms with Crippen molar-refractivity contribution >= 4 is 25.8 Å². The number of β-lactam (4-membered cyclic amide) rings is 1. The van der Waals surface area contributed by atoms with Gasteiger partial charge in [0, 0.05) is 0 Å². The van der Waals surface area contributed by atoms with E-state index in [0.717, 1.165) is 0 Å². The van der Waals surface area contributed by atoms with Gasteiger partial charge in [0.25, 0.3) is 0 Å². The number of hydrogen-bond acceptors (Lipinski definition) is 2. The molecule has 1 saturated heterocycles. The first kappa shape index (κ1) is 17.0. The second-order valence-electron chi connectivity index (χ2n) is 8.10. The van der Waals surface area contributed by atoms with E-state index in [2.05, 4.69) is 60.0 Å². The molecule has 0 aromatic rings. The van der Waals surface area contributed by atoms with Crippen LogP contribution in [0.25, 0.3) is 0 Å². The Labute approximate surface area is 123 Å². The highest BCUT2D eigenvalue weighted by molar-refractivity contribution is 6.74. The van der Waals surface area contributed by atoms with E-state index in [1.165, 1.54) is 0 Å². The van der Waals surface area contributed by atoms with Crippen LogP contribution >= 0.6 is 11.6 Å². The molecule has 0 radical (unpaired) electrons. The molecule has 0 saturated carbocycles. The van der Waals surface area contributed by atoms with Crippen LogP contribution in [0.4, 0.5) is 0 Å². The van der Waals surface area contributed by atoms with Crippen LogP contribution in [0.15, 0.2) is 0 Å². The molecule has 0 bridgehead atoms. The van der Waals surface area contributed by atoms with Gasteiger partial charge in [-0.05, 0) is 23.5 Å². The lowest BCUT2D eigenvalue weighted by Gasteiger charge is -2.49. The molecule has 112 valence electrons. The highest BCUT2D eigenvalue weighted by atomic mass is 35.5. The molecule has 0 aliphatic carbocycles. The Bertz CT molecular complexity index is 357. The maximum absolute atomic E-state index is 11.3. The third kappa shape index (κ3) is 3.53. The van der Waals surface area contributed by atoms with E-state index in [-0.39, 0.29) is 28.5 Å². The Hall–Kier alpha value is -0.0631. The molecule has 1 aliphatic rings. The second-order valence-corrected chi connectivity index (χ2v) is 13.3. The van der Waals surface area contributed by atoms with Crippen LogP contribution < -0.4 is 5.32 Å². The molecule has 5 heteroatoms. The van der Waals surface area contributed by atoms with Gasteiger partial charge in [-0.15, -0.1) is 11.6 Å². The van der Waals surface area contributed by atoms with Crippen molar-refractivity contribution in [3.63, 3.8) is 0 Å². The van der Waals surface area contributed by atoms with Crippen molar-refractivity contribution in [3.05, 3.63) is 0 Å². The standard InChI is InChI=1S/C14H28ClNO2Si/c1-13(2,3)11(10-9(15)12(17)16-10)18-19(7,8)14(4,5)6/h9-11H,1-8H3,(H,16,17)/t9-,10+,11-/m1/s1. The highest BCUT2D eigenvalue weighted by Gasteiger charge is 2.51. The summed E-state index contributed by atoms with van der Waals surface area (Å²) < 4.78 is 6.53. The van der Waals surface area contributed by atoms with Gasteiger partial charge in [-0.25, -0.2) is 0 Å². The van der Waals surface area contributed by atoms with Crippen molar-refractivity contribution < 1.29 is 9.22 Å². The Morgan fingerprint density at radius 3 is 1.95 bits per heavy atom. The number of carbonyl (C=O) groups excluding carboxylic acids is 1. The molecule has 1 rings (SSSR count). The smallest absolute Gasteiger partial charge is 0.240 e. The second kappa shape index (κ2) is 5.04. The minimum atomic E-state index is -1.88. The molecular formula is C14H28ClNO2Si. The molecule has 1 aliphatic heterocycles. The van der Waals surface area contributed by atoms with Crippen LogP contribution in [0, 0.1) is 5.41 Å². The summed E-state index contributed by atoms with van der Waals surface area (Å²) in [4.78, 5) is 11.3. The number of halogens is 1. The number of rotatable bonds is 3. The molecule has 1 amide bonds. The third-order valence-electron chi connectivity index (χ3n) is 4.28. The first-order chi connectivity index (χ1) is 8.27. The fourth-order valence-electron chi connectivity index (χ4n) is 1.90. The van der Waals surface area contributed by atoms with Gasteiger partial charge in [0.1, 0.15) is 5.38 Å². The Balaban J connectivity index is 2.92. The minimum Gasteiger partial charge on any atom is -0.411 e. The van der Waals surface area contributed by atoms with Gasteiger partial charge >= 0.3 is 0 Å². The Kier molecular flexibility index (Phi) is 4.51. The van der Waals surface area contributed by atoms with E-state index in [4.69, 9.17) is 16.0 Å². The van der Waals surface area contributed by atoms with Gasteiger partial charge in [-0.2, -0.15) is 0 Å². The van der Waals surface area contributed by atoms with E-state index < -0.39 is 13.7 Å². The zero-order valence-electron chi connectivity index (χ0n) is 13.4. The molecule has 0 aromatic heterocycles. The third-order valence-corrected chi connectivity index (χ3v) is 9.21. The quantitative estimate of drug-likeness (QED) is 0.492. The fraction of sp³-hybridized carbons (Fsp3) is 0.929. The van der Waals surface area contributed by atoms with E-state index in [9.17, 15) is 4.79 Å². The average molecular weight is 306 g/mol. The van der Waals surface area contributed by atoms with Crippen molar-refractivity contribution in [1.82, 2.24) is 5.32 Å². The zero-order chi connectivity index (χ0) is 15.2. The van der Waals surface area contributed by atoms with Gasteiger partial charge in [-0.3, -0.25) is 4.79 Å². The lowest BCUT2D eigenvalue weighted by Crippen LogP contribution is -2.69. The van der Waals surface area contributed by atoms with E-state index >= 15 is 0 Å². The summed E-state index contributed by atoms with van der Waals surface area (Å²) in [6, 6.07) is -0.0803. The molecule has 3 atom stereocenters. The molecule has 0 spiro atoms. The number of carbonyl (C=O) groups is 1. The summed E-state index contributed by atoms with van der Waals surface area (Å²) in [5.74, 6) is -0.0836. The van der Waals surface area contributed by atoms with Crippen LogP contribution in [-0.2, 0) is 9.22 Å². The van der Waals surface area contributed by atoms with E-state index in [1.54, 1.807) is 0 Å². The lowest BCUT2D eigenvalue weighted by molar-refractivity contribution is -0.131. The van der Waals surface area contributed by atoms with Crippen molar-refractivity contribution in [3.8, 4) is 0 Å². The summed E-state index contributed by atoms with van der Waals surface area (Å²) in [6.45, 7) is 17.5.